The van der Waals surface area contributed by atoms with Gasteiger partial charge in [0.15, 0.2) is 5.75 Å². The second-order valence-corrected chi connectivity index (χ2v) is 6.16. The molecule has 0 bridgehead atoms. The molecule has 1 aromatic rings. The largest absolute Gasteiger partial charge is 0.503 e. The summed E-state index contributed by atoms with van der Waals surface area (Å²) in [4.78, 5) is 34.9. The van der Waals surface area contributed by atoms with Crippen LogP contribution in [0.4, 0.5) is 0 Å². The molecule has 0 aliphatic rings. The first-order valence-electron chi connectivity index (χ1n) is 6.41. The molecule has 0 aliphatic carbocycles. The summed E-state index contributed by atoms with van der Waals surface area (Å²) < 4.78 is 5.27. The Morgan fingerprint density at radius 2 is 1.91 bits per heavy atom. The topological polar surface area (TPSA) is 92.7 Å². The van der Waals surface area contributed by atoms with E-state index in [9.17, 15) is 19.5 Å². The van der Waals surface area contributed by atoms with E-state index in [-0.39, 0.29) is 27.9 Å². The van der Waals surface area contributed by atoms with Gasteiger partial charge < -0.3 is 15.2 Å². The molecule has 120 valence electrons. The number of carbonyl (C=O) groups excluding carboxylic acids is 2. The van der Waals surface area contributed by atoms with Crippen molar-refractivity contribution in [3.05, 3.63) is 36.9 Å². The SMILES string of the molecule is CCOC(=O)C(Cc1cc(Br)c(O)c(=O)c(Br)c1)NC(C)=O. The van der Waals surface area contributed by atoms with Crippen molar-refractivity contribution in [1.82, 2.24) is 5.32 Å². The highest BCUT2D eigenvalue weighted by molar-refractivity contribution is 9.11. The number of rotatable bonds is 5. The van der Waals surface area contributed by atoms with Gasteiger partial charge in [-0.2, -0.15) is 0 Å². The summed E-state index contributed by atoms with van der Waals surface area (Å²) in [5.41, 5.74) is -0.0201. The van der Waals surface area contributed by atoms with Crippen LogP contribution >= 0.6 is 31.9 Å². The Balaban J connectivity index is 3.18. The van der Waals surface area contributed by atoms with Crippen LogP contribution < -0.4 is 10.7 Å². The van der Waals surface area contributed by atoms with Crippen LogP contribution in [0.15, 0.2) is 25.9 Å². The molecule has 0 aliphatic heterocycles. The van der Waals surface area contributed by atoms with Crippen LogP contribution in [0.3, 0.4) is 0 Å². The highest BCUT2D eigenvalue weighted by Gasteiger charge is 2.22. The van der Waals surface area contributed by atoms with Gasteiger partial charge in [0.2, 0.25) is 11.3 Å². The van der Waals surface area contributed by atoms with Gasteiger partial charge in [-0.3, -0.25) is 9.59 Å². The van der Waals surface area contributed by atoms with Gasteiger partial charge in [0.25, 0.3) is 0 Å². The third-order valence-corrected chi connectivity index (χ3v) is 3.86. The lowest BCUT2D eigenvalue weighted by Gasteiger charge is -2.16. The molecule has 0 saturated heterocycles. The van der Waals surface area contributed by atoms with Crippen molar-refractivity contribution in [1.29, 1.82) is 0 Å². The number of nitrogens with one attached hydrogen (secondary N) is 1. The van der Waals surface area contributed by atoms with Crippen molar-refractivity contribution in [3.63, 3.8) is 0 Å². The third kappa shape index (κ3) is 5.10. The summed E-state index contributed by atoms with van der Waals surface area (Å²) in [5.74, 6) is -1.38. The molecule has 8 heteroatoms. The van der Waals surface area contributed by atoms with Crippen molar-refractivity contribution >= 4 is 43.7 Å². The van der Waals surface area contributed by atoms with Gasteiger partial charge >= 0.3 is 5.97 Å². The normalized spacial score (nSPS) is 11.6. The Bertz CT molecular complexity index is 648. The molecule has 1 amide bonds. The van der Waals surface area contributed by atoms with Gasteiger partial charge in [-0.1, -0.05) is 0 Å². The van der Waals surface area contributed by atoms with Crippen molar-refractivity contribution in [2.24, 2.45) is 0 Å². The average molecular weight is 437 g/mol. The maximum atomic E-state index is 11.9. The van der Waals surface area contributed by atoms with Gasteiger partial charge in [0.05, 0.1) is 15.6 Å². The Labute approximate surface area is 144 Å². The summed E-state index contributed by atoms with van der Waals surface area (Å²) in [6.07, 6.45) is 0.114. The smallest absolute Gasteiger partial charge is 0.328 e. The third-order valence-electron chi connectivity index (χ3n) is 2.67. The van der Waals surface area contributed by atoms with Gasteiger partial charge in [0, 0.05) is 13.3 Å². The zero-order chi connectivity index (χ0) is 16.9. The van der Waals surface area contributed by atoms with Crippen LogP contribution in [-0.4, -0.2) is 29.6 Å². The number of esters is 1. The quantitative estimate of drug-likeness (QED) is 0.687. The molecular formula is C14H15Br2NO5. The summed E-state index contributed by atoms with van der Waals surface area (Å²) >= 11 is 6.17. The van der Waals surface area contributed by atoms with Gasteiger partial charge in [-0.05, 0) is 56.5 Å². The minimum absolute atomic E-state index is 0.114. The summed E-state index contributed by atoms with van der Waals surface area (Å²) in [6.45, 7) is 3.15. The highest BCUT2D eigenvalue weighted by atomic mass is 79.9. The molecule has 0 aromatic heterocycles. The van der Waals surface area contributed by atoms with Crippen LogP contribution in [0, 0.1) is 0 Å². The number of hydrogen-bond donors (Lipinski definition) is 2. The van der Waals surface area contributed by atoms with Crippen molar-refractivity contribution in [2.45, 2.75) is 26.3 Å². The van der Waals surface area contributed by atoms with Crippen molar-refractivity contribution in [3.8, 4) is 5.75 Å². The Morgan fingerprint density at radius 1 is 1.32 bits per heavy atom. The molecular weight excluding hydrogens is 422 g/mol. The Kier molecular flexibility index (Phi) is 7.02. The molecule has 2 N–H and O–H groups in total. The fourth-order valence-corrected chi connectivity index (χ4v) is 2.71. The van der Waals surface area contributed by atoms with E-state index in [1.165, 1.54) is 19.1 Å². The van der Waals surface area contributed by atoms with Crippen LogP contribution in [0.1, 0.15) is 19.4 Å². The maximum Gasteiger partial charge on any atom is 0.328 e. The maximum absolute atomic E-state index is 11.9. The van der Waals surface area contributed by atoms with E-state index >= 15 is 0 Å². The molecule has 1 rings (SSSR count). The average Bonchev–Trinajstić information content (AvgIpc) is 2.51. The van der Waals surface area contributed by atoms with Crippen LogP contribution in [-0.2, 0) is 20.7 Å². The first-order chi connectivity index (χ1) is 10.3. The van der Waals surface area contributed by atoms with Gasteiger partial charge in [-0.25, -0.2) is 4.79 Å². The lowest BCUT2D eigenvalue weighted by Crippen LogP contribution is -2.42. The zero-order valence-corrected chi connectivity index (χ0v) is 15.2. The molecule has 6 nitrogen and oxygen atoms in total. The minimum atomic E-state index is -0.879. The molecule has 1 aromatic carbocycles. The monoisotopic (exact) mass is 435 g/mol. The van der Waals surface area contributed by atoms with E-state index in [0.29, 0.717) is 5.56 Å². The van der Waals surface area contributed by atoms with Gasteiger partial charge in [0.1, 0.15) is 6.04 Å². The van der Waals surface area contributed by atoms with E-state index in [4.69, 9.17) is 4.74 Å². The molecule has 22 heavy (non-hydrogen) atoms. The molecule has 0 fully saturated rings. The van der Waals surface area contributed by atoms with Crippen molar-refractivity contribution in [2.75, 3.05) is 6.61 Å². The van der Waals surface area contributed by atoms with Crippen LogP contribution in [0.25, 0.3) is 0 Å². The number of halogens is 2. The van der Waals surface area contributed by atoms with E-state index in [1.54, 1.807) is 6.92 Å². The first kappa shape index (κ1) is 18.6. The molecule has 0 saturated carbocycles. The van der Waals surface area contributed by atoms with E-state index < -0.39 is 23.2 Å². The first-order valence-corrected chi connectivity index (χ1v) is 7.99. The predicted octanol–water partition coefficient (Wildman–Crippen LogP) is 1.89. The lowest BCUT2D eigenvalue weighted by atomic mass is 10.1. The lowest BCUT2D eigenvalue weighted by molar-refractivity contribution is -0.147. The second kappa shape index (κ2) is 8.28. The van der Waals surface area contributed by atoms with Crippen LogP contribution in [0.2, 0.25) is 0 Å². The number of hydrogen-bond acceptors (Lipinski definition) is 5. The predicted molar refractivity (Wildman–Crippen MR) is 87.7 cm³/mol. The number of ether oxygens (including phenoxy) is 1. The van der Waals surface area contributed by atoms with Gasteiger partial charge in [-0.15, -0.1) is 0 Å². The summed E-state index contributed by atoms with van der Waals surface area (Å²) in [6, 6.07) is 2.12. The minimum Gasteiger partial charge on any atom is -0.503 e. The highest BCUT2D eigenvalue weighted by Crippen LogP contribution is 2.23. The van der Waals surface area contributed by atoms with E-state index in [1.807, 2.05) is 0 Å². The molecule has 0 spiro atoms. The Morgan fingerprint density at radius 3 is 2.45 bits per heavy atom. The Hall–Kier alpha value is -1.41. The van der Waals surface area contributed by atoms with E-state index in [2.05, 4.69) is 37.2 Å². The number of aromatic hydroxyl groups is 1. The summed E-state index contributed by atoms with van der Waals surface area (Å²) in [7, 11) is 0. The number of carbonyl (C=O) groups is 2. The standard InChI is InChI=1S/C14H15Br2NO5/c1-3-22-14(21)11(17-7(2)18)6-8-4-9(15)12(19)13(20)10(16)5-8/h4-5,11H,3,6H2,1-2H3,(H,17,18)(H,19,20). The summed E-state index contributed by atoms with van der Waals surface area (Å²) in [5, 5.41) is 12.2. The zero-order valence-electron chi connectivity index (χ0n) is 12.0. The molecule has 1 atom stereocenters. The fourth-order valence-electron chi connectivity index (χ4n) is 1.76. The van der Waals surface area contributed by atoms with Crippen molar-refractivity contribution < 1.29 is 19.4 Å². The van der Waals surface area contributed by atoms with Crippen LogP contribution in [0.5, 0.6) is 5.75 Å². The molecule has 0 radical (unpaired) electrons. The fraction of sp³-hybridized carbons (Fsp3) is 0.357. The molecule has 0 heterocycles. The molecule has 1 unspecified atom stereocenters. The van der Waals surface area contributed by atoms with E-state index in [0.717, 1.165) is 0 Å². The number of amides is 1. The second-order valence-electron chi connectivity index (χ2n) is 4.45.